The number of rotatable bonds is 5. The Hall–Kier alpha value is -2.61. The van der Waals surface area contributed by atoms with E-state index in [1.807, 2.05) is 42.7 Å². The number of hydrogen-bond acceptors (Lipinski definition) is 5. The predicted octanol–water partition coefficient (Wildman–Crippen LogP) is 1.57. The van der Waals surface area contributed by atoms with Crippen molar-refractivity contribution in [3.8, 4) is 0 Å². The first-order valence-electron chi connectivity index (χ1n) is 9.18. The molecule has 0 fully saturated rings. The van der Waals surface area contributed by atoms with Gasteiger partial charge in [-0.1, -0.05) is 0 Å². The number of nitrogens with one attached hydrogen (secondary N) is 1. The second-order valence-corrected chi connectivity index (χ2v) is 7.18. The first-order chi connectivity index (χ1) is 12.8. The molecule has 1 aliphatic rings. The Morgan fingerprint density at radius 3 is 2.74 bits per heavy atom. The molecule has 3 heterocycles. The summed E-state index contributed by atoms with van der Waals surface area (Å²) in [5.74, 6) is 1.48. The molecule has 0 aliphatic carbocycles. The van der Waals surface area contributed by atoms with Crippen LogP contribution in [0.15, 0.2) is 22.6 Å². The molecular formula is C19H27N5O3. The SMILES string of the molecule is CC(=O)N1CCCn2nc(C(=O)NC[C@@H](c3ccc(C)o3)N(C)C)cc2C1. The van der Waals surface area contributed by atoms with Crippen LogP contribution in [0.25, 0.3) is 0 Å². The monoisotopic (exact) mass is 373 g/mol. The highest BCUT2D eigenvalue weighted by molar-refractivity contribution is 5.92. The van der Waals surface area contributed by atoms with Crippen LogP contribution in [0.2, 0.25) is 0 Å². The lowest BCUT2D eigenvalue weighted by Crippen LogP contribution is -2.34. The molecule has 0 radical (unpaired) electrons. The molecule has 0 unspecified atom stereocenters. The van der Waals surface area contributed by atoms with Crippen molar-refractivity contribution in [2.24, 2.45) is 0 Å². The Morgan fingerprint density at radius 1 is 1.33 bits per heavy atom. The topological polar surface area (TPSA) is 83.6 Å². The summed E-state index contributed by atoms with van der Waals surface area (Å²) in [6.07, 6.45) is 0.829. The van der Waals surface area contributed by atoms with Crippen LogP contribution in [0.3, 0.4) is 0 Å². The van der Waals surface area contributed by atoms with Gasteiger partial charge in [-0.25, -0.2) is 0 Å². The van der Waals surface area contributed by atoms with E-state index in [4.69, 9.17) is 4.42 Å². The third-order valence-electron chi connectivity index (χ3n) is 4.86. The fourth-order valence-electron chi connectivity index (χ4n) is 3.29. The van der Waals surface area contributed by atoms with Gasteiger partial charge in [-0.05, 0) is 45.6 Å². The molecule has 27 heavy (non-hydrogen) atoms. The minimum atomic E-state index is -0.222. The van der Waals surface area contributed by atoms with Crippen molar-refractivity contribution in [2.45, 2.75) is 39.4 Å². The zero-order chi connectivity index (χ0) is 19.6. The summed E-state index contributed by atoms with van der Waals surface area (Å²) in [5, 5.41) is 7.38. The zero-order valence-electron chi connectivity index (χ0n) is 16.4. The molecule has 2 aromatic heterocycles. The number of hydrogen-bond donors (Lipinski definition) is 1. The molecule has 0 saturated carbocycles. The van der Waals surface area contributed by atoms with E-state index in [-0.39, 0.29) is 17.9 Å². The summed E-state index contributed by atoms with van der Waals surface area (Å²) in [6.45, 7) is 5.79. The van der Waals surface area contributed by atoms with Gasteiger partial charge in [-0.3, -0.25) is 19.2 Å². The maximum atomic E-state index is 12.6. The van der Waals surface area contributed by atoms with Crippen LogP contribution in [0.1, 0.15) is 47.1 Å². The van der Waals surface area contributed by atoms with Crippen LogP contribution in [0.4, 0.5) is 0 Å². The van der Waals surface area contributed by atoms with Crippen LogP contribution < -0.4 is 5.32 Å². The standard InChI is InChI=1S/C19H27N5O3/c1-13-6-7-18(27-13)17(22(3)4)11-20-19(26)16-10-15-12-23(14(2)25)8-5-9-24(15)21-16/h6-7,10,17H,5,8-9,11-12H2,1-4H3,(H,20,26)/t17-/m0/s1. The fraction of sp³-hybridized carbons (Fsp3) is 0.526. The second kappa shape index (κ2) is 7.96. The normalized spacial score (nSPS) is 15.4. The van der Waals surface area contributed by atoms with Crippen molar-refractivity contribution < 1.29 is 14.0 Å². The molecule has 8 nitrogen and oxygen atoms in total. The highest BCUT2D eigenvalue weighted by Crippen LogP contribution is 2.20. The van der Waals surface area contributed by atoms with Gasteiger partial charge < -0.3 is 14.6 Å². The maximum Gasteiger partial charge on any atom is 0.271 e. The number of carbonyl (C=O) groups is 2. The van der Waals surface area contributed by atoms with Crippen molar-refractivity contribution in [1.82, 2.24) is 24.9 Å². The molecule has 1 N–H and O–H groups in total. The molecule has 8 heteroatoms. The van der Waals surface area contributed by atoms with Gasteiger partial charge in [0.1, 0.15) is 11.5 Å². The van der Waals surface area contributed by atoms with Gasteiger partial charge in [0.25, 0.3) is 5.91 Å². The van der Waals surface area contributed by atoms with E-state index >= 15 is 0 Å². The number of nitrogens with zero attached hydrogens (tertiary/aromatic N) is 4. The van der Waals surface area contributed by atoms with E-state index in [1.54, 1.807) is 17.9 Å². The van der Waals surface area contributed by atoms with E-state index in [0.717, 1.165) is 23.6 Å². The number of amides is 2. The van der Waals surface area contributed by atoms with Gasteiger partial charge in [-0.2, -0.15) is 5.10 Å². The Balaban J connectivity index is 1.68. The number of likely N-dealkylation sites (N-methyl/N-ethyl adjacent to an activating group) is 1. The fourth-order valence-corrected chi connectivity index (χ4v) is 3.29. The molecule has 1 aliphatic heterocycles. The largest absolute Gasteiger partial charge is 0.465 e. The number of aryl methyl sites for hydroxylation is 2. The molecule has 1 atom stereocenters. The Kier molecular flexibility index (Phi) is 5.65. The first-order valence-corrected chi connectivity index (χ1v) is 9.18. The minimum Gasteiger partial charge on any atom is -0.465 e. The van der Waals surface area contributed by atoms with Gasteiger partial charge in [0.2, 0.25) is 5.91 Å². The number of fused-ring (bicyclic) bond motifs is 1. The molecule has 2 amide bonds. The van der Waals surface area contributed by atoms with Gasteiger partial charge >= 0.3 is 0 Å². The van der Waals surface area contributed by atoms with Crippen molar-refractivity contribution >= 4 is 11.8 Å². The zero-order valence-corrected chi connectivity index (χ0v) is 16.4. The maximum absolute atomic E-state index is 12.6. The van der Waals surface area contributed by atoms with Crippen molar-refractivity contribution in [3.63, 3.8) is 0 Å². The van der Waals surface area contributed by atoms with Crippen molar-refractivity contribution in [1.29, 1.82) is 0 Å². The van der Waals surface area contributed by atoms with Crippen molar-refractivity contribution in [3.05, 3.63) is 41.1 Å². The summed E-state index contributed by atoms with van der Waals surface area (Å²) in [7, 11) is 3.90. The van der Waals surface area contributed by atoms with Gasteiger partial charge in [0.05, 0.1) is 18.3 Å². The quantitative estimate of drug-likeness (QED) is 0.860. The predicted molar refractivity (Wildman–Crippen MR) is 100 cm³/mol. The summed E-state index contributed by atoms with van der Waals surface area (Å²) < 4.78 is 7.54. The molecule has 146 valence electrons. The highest BCUT2D eigenvalue weighted by atomic mass is 16.3. The van der Waals surface area contributed by atoms with Gasteiger partial charge in [0, 0.05) is 26.6 Å². The van der Waals surface area contributed by atoms with Crippen LogP contribution in [0, 0.1) is 6.92 Å². The average molecular weight is 373 g/mol. The lowest BCUT2D eigenvalue weighted by atomic mass is 10.2. The van der Waals surface area contributed by atoms with Crippen LogP contribution >= 0.6 is 0 Å². The molecule has 0 spiro atoms. The molecule has 0 bridgehead atoms. The molecule has 0 aromatic carbocycles. The molecule has 3 rings (SSSR count). The summed E-state index contributed by atoms with van der Waals surface area (Å²) in [5.41, 5.74) is 1.27. The molecular weight excluding hydrogens is 346 g/mol. The summed E-state index contributed by atoms with van der Waals surface area (Å²) >= 11 is 0. The highest BCUT2D eigenvalue weighted by Gasteiger charge is 2.23. The van der Waals surface area contributed by atoms with Crippen LogP contribution in [-0.4, -0.2) is 58.6 Å². The third kappa shape index (κ3) is 4.39. The summed E-state index contributed by atoms with van der Waals surface area (Å²) in [6, 6.07) is 5.57. The van der Waals surface area contributed by atoms with E-state index in [9.17, 15) is 9.59 Å². The van der Waals surface area contributed by atoms with Crippen LogP contribution in [0.5, 0.6) is 0 Å². The Labute approximate surface area is 159 Å². The average Bonchev–Trinajstić information content (AvgIpc) is 3.15. The lowest BCUT2D eigenvalue weighted by Gasteiger charge is -2.22. The Morgan fingerprint density at radius 2 is 2.11 bits per heavy atom. The van der Waals surface area contributed by atoms with E-state index < -0.39 is 0 Å². The minimum absolute atomic E-state index is 0.0400. The van der Waals surface area contributed by atoms with E-state index in [1.165, 1.54) is 0 Å². The van der Waals surface area contributed by atoms with E-state index in [2.05, 4.69) is 10.4 Å². The lowest BCUT2D eigenvalue weighted by molar-refractivity contribution is -0.129. The Bertz CT molecular complexity index is 823. The number of furan rings is 1. The third-order valence-corrected chi connectivity index (χ3v) is 4.86. The van der Waals surface area contributed by atoms with Crippen molar-refractivity contribution in [2.75, 3.05) is 27.2 Å². The first kappa shape index (κ1) is 19.2. The van der Waals surface area contributed by atoms with Gasteiger partial charge in [-0.15, -0.1) is 0 Å². The summed E-state index contributed by atoms with van der Waals surface area (Å²) in [4.78, 5) is 28.1. The van der Waals surface area contributed by atoms with E-state index in [0.29, 0.717) is 31.9 Å². The number of aromatic nitrogens is 2. The van der Waals surface area contributed by atoms with Gasteiger partial charge in [0.15, 0.2) is 5.69 Å². The second-order valence-electron chi connectivity index (χ2n) is 7.18. The molecule has 0 saturated heterocycles. The van der Waals surface area contributed by atoms with Crippen LogP contribution in [-0.2, 0) is 17.9 Å². The smallest absolute Gasteiger partial charge is 0.271 e. The number of carbonyl (C=O) groups excluding carboxylic acids is 2. The molecule has 2 aromatic rings.